The van der Waals surface area contributed by atoms with Crippen molar-refractivity contribution >= 4 is 28.9 Å². The summed E-state index contributed by atoms with van der Waals surface area (Å²) in [6.07, 6.45) is 0. The van der Waals surface area contributed by atoms with Gasteiger partial charge in [-0.15, -0.1) is 0 Å². The van der Waals surface area contributed by atoms with Crippen LogP contribution in [-0.2, 0) is 4.84 Å². The number of hydrogen-bond acceptors (Lipinski definition) is 2. The highest BCUT2D eigenvalue weighted by Gasteiger charge is 2.13. The van der Waals surface area contributed by atoms with Crippen molar-refractivity contribution in [1.29, 1.82) is 0 Å². The summed E-state index contributed by atoms with van der Waals surface area (Å²) in [5.41, 5.74) is 3.93. The molecule has 0 aliphatic carbocycles. The van der Waals surface area contributed by atoms with E-state index in [1.54, 1.807) is 30.8 Å². The van der Waals surface area contributed by atoms with Crippen LogP contribution in [0, 0.1) is 0 Å². The van der Waals surface area contributed by atoms with Crippen LogP contribution in [0.2, 0.25) is 10.0 Å². The number of hydrogen-bond donors (Lipinski definition) is 1. The quantitative estimate of drug-likeness (QED) is 0.640. The predicted octanol–water partition coefficient (Wildman–Crippen LogP) is 4.67. The lowest BCUT2D eigenvalue weighted by Crippen LogP contribution is -2.76. The fourth-order valence-corrected chi connectivity index (χ4v) is 2.48. The molecule has 0 unspecified atom stereocenters. The molecule has 0 spiro atoms. The molecule has 0 amide bonds. The van der Waals surface area contributed by atoms with Gasteiger partial charge in [-0.25, -0.2) is 4.84 Å². The van der Waals surface area contributed by atoms with Crippen molar-refractivity contribution in [1.82, 2.24) is 0 Å². The van der Waals surface area contributed by atoms with Crippen molar-refractivity contribution in [3.05, 3.63) is 52.0 Å². The van der Waals surface area contributed by atoms with Crippen molar-refractivity contribution in [2.24, 2.45) is 0 Å². The Kier molecular flexibility index (Phi) is 5.48. The Labute approximate surface area is 134 Å². The highest BCUT2D eigenvalue weighted by Crippen LogP contribution is 2.33. The Morgan fingerprint density at radius 2 is 1.81 bits per heavy atom. The average molecular weight is 327 g/mol. The zero-order valence-corrected chi connectivity index (χ0v) is 13.7. The van der Waals surface area contributed by atoms with E-state index in [1.807, 2.05) is 18.2 Å². The largest absolute Gasteiger partial charge is 0.456 e. The number of quaternary nitrogens is 1. The molecule has 2 aromatic carbocycles. The van der Waals surface area contributed by atoms with E-state index in [9.17, 15) is 0 Å². The van der Waals surface area contributed by atoms with Gasteiger partial charge in [-0.1, -0.05) is 37.0 Å². The maximum atomic E-state index is 6.13. The summed E-state index contributed by atoms with van der Waals surface area (Å²) in [6, 6.07) is 11.0. The summed E-state index contributed by atoms with van der Waals surface area (Å²) < 4.78 is 5.84. The van der Waals surface area contributed by atoms with Gasteiger partial charge in [-0.3, -0.25) is 0 Å². The minimum Gasteiger partial charge on any atom is -0.456 e. The molecule has 5 heteroatoms. The Hall–Kier alpha value is -1.26. The van der Waals surface area contributed by atoms with Gasteiger partial charge in [-0.05, 0) is 36.2 Å². The molecule has 21 heavy (non-hydrogen) atoms. The van der Waals surface area contributed by atoms with Crippen LogP contribution in [0.1, 0.15) is 25.3 Å². The Morgan fingerprint density at radius 3 is 2.43 bits per heavy atom. The zero-order chi connectivity index (χ0) is 15.4. The van der Waals surface area contributed by atoms with E-state index < -0.39 is 0 Å². The molecule has 2 rings (SSSR count). The maximum absolute atomic E-state index is 6.13. The third-order valence-electron chi connectivity index (χ3n) is 3.05. The van der Waals surface area contributed by atoms with Gasteiger partial charge in [0.05, 0.1) is 12.1 Å². The molecule has 0 heterocycles. The van der Waals surface area contributed by atoms with Crippen LogP contribution in [0.15, 0.2) is 36.4 Å². The van der Waals surface area contributed by atoms with Gasteiger partial charge in [0, 0.05) is 16.7 Å². The van der Waals surface area contributed by atoms with E-state index in [2.05, 4.69) is 13.8 Å². The normalized spacial score (nSPS) is 11.0. The molecule has 0 aliphatic heterocycles. The van der Waals surface area contributed by atoms with Crippen LogP contribution in [0.4, 0.5) is 5.69 Å². The number of nitrogens with two attached hydrogens (primary N) is 1. The highest BCUT2D eigenvalue weighted by atomic mass is 35.5. The second-order valence-corrected chi connectivity index (χ2v) is 5.82. The minimum absolute atomic E-state index is 0.357. The van der Waals surface area contributed by atoms with E-state index >= 15 is 0 Å². The number of rotatable bonds is 5. The fourth-order valence-electron chi connectivity index (χ4n) is 2.04. The molecule has 112 valence electrons. The molecule has 0 bridgehead atoms. The summed E-state index contributed by atoms with van der Waals surface area (Å²) in [5.74, 6) is 1.67. The Bertz CT molecular complexity index is 630. The van der Waals surface area contributed by atoms with E-state index in [1.165, 1.54) is 0 Å². The SMILES string of the molecule is CO[NH2+]c1ccc(Oc2ccc(Cl)cc2Cl)cc1C(C)C. The summed E-state index contributed by atoms with van der Waals surface area (Å²) in [6.45, 7) is 4.25. The summed E-state index contributed by atoms with van der Waals surface area (Å²) >= 11 is 12.0. The summed E-state index contributed by atoms with van der Waals surface area (Å²) in [7, 11) is 1.64. The van der Waals surface area contributed by atoms with Crippen LogP contribution in [0.3, 0.4) is 0 Å². The first kappa shape index (κ1) is 16.1. The first-order chi connectivity index (χ1) is 10.0. The molecule has 3 nitrogen and oxygen atoms in total. The van der Waals surface area contributed by atoms with Crippen LogP contribution in [0.5, 0.6) is 11.5 Å². The molecular formula is C16H18Cl2NO2+. The van der Waals surface area contributed by atoms with Gasteiger partial charge in [0.25, 0.3) is 0 Å². The number of ether oxygens (including phenoxy) is 1. The van der Waals surface area contributed by atoms with Gasteiger partial charge < -0.3 is 4.74 Å². The summed E-state index contributed by atoms with van der Waals surface area (Å²) in [5, 5.41) is 1.07. The molecule has 0 radical (unpaired) electrons. The smallest absolute Gasteiger partial charge is 0.165 e. The first-order valence-corrected chi connectivity index (χ1v) is 7.39. The van der Waals surface area contributed by atoms with Crippen molar-refractivity contribution in [2.75, 3.05) is 7.11 Å². The van der Waals surface area contributed by atoms with Crippen molar-refractivity contribution in [2.45, 2.75) is 19.8 Å². The van der Waals surface area contributed by atoms with Crippen LogP contribution in [0.25, 0.3) is 0 Å². The molecule has 2 aromatic rings. The summed E-state index contributed by atoms with van der Waals surface area (Å²) in [4.78, 5) is 5.11. The van der Waals surface area contributed by atoms with Crippen LogP contribution in [-0.4, -0.2) is 7.11 Å². The van der Waals surface area contributed by atoms with Gasteiger partial charge in [0.1, 0.15) is 11.5 Å². The standard InChI is InChI=1S/C16H17Cl2NO2/c1-10(2)13-9-12(5-6-15(13)19-20-3)21-16-7-4-11(17)8-14(16)18/h4-10,19H,1-3H3/p+1. The van der Waals surface area contributed by atoms with Crippen LogP contribution < -0.4 is 10.2 Å². The van der Waals surface area contributed by atoms with Crippen molar-refractivity contribution in [3.8, 4) is 11.5 Å². The molecule has 0 atom stereocenters. The van der Waals surface area contributed by atoms with Crippen molar-refractivity contribution < 1.29 is 15.1 Å². The highest BCUT2D eigenvalue weighted by molar-refractivity contribution is 6.35. The molecule has 2 N–H and O–H groups in total. The number of halogens is 2. The van der Waals surface area contributed by atoms with E-state index in [0.29, 0.717) is 21.7 Å². The second-order valence-electron chi connectivity index (χ2n) is 4.98. The van der Waals surface area contributed by atoms with Crippen LogP contribution >= 0.6 is 23.2 Å². The number of benzene rings is 2. The average Bonchev–Trinajstić information content (AvgIpc) is 2.43. The Morgan fingerprint density at radius 1 is 1.05 bits per heavy atom. The van der Waals surface area contributed by atoms with E-state index in [-0.39, 0.29) is 0 Å². The monoisotopic (exact) mass is 326 g/mol. The topological polar surface area (TPSA) is 35.1 Å². The molecule has 0 saturated heterocycles. The lowest BCUT2D eigenvalue weighted by molar-refractivity contribution is -0.830. The minimum atomic E-state index is 0.357. The van der Waals surface area contributed by atoms with Gasteiger partial charge in [0.2, 0.25) is 0 Å². The van der Waals surface area contributed by atoms with E-state index in [4.69, 9.17) is 32.8 Å². The second kappa shape index (κ2) is 7.14. The third-order valence-corrected chi connectivity index (χ3v) is 3.58. The molecule has 0 aliphatic rings. The third kappa shape index (κ3) is 4.11. The maximum Gasteiger partial charge on any atom is 0.165 e. The molecule has 0 saturated carbocycles. The molecular weight excluding hydrogens is 309 g/mol. The molecule has 0 fully saturated rings. The Balaban J connectivity index is 2.30. The van der Waals surface area contributed by atoms with Gasteiger partial charge in [-0.2, -0.15) is 5.48 Å². The van der Waals surface area contributed by atoms with E-state index in [0.717, 1.165) is 17.0 Å². The van der Waals surface area contributed by atoms with Crippen molar-refractivity contribution in [3.63, 3.8) is 0 Å². The lowest BCUT2D eigenvalue weighted by atomic mass is 10.0. The lowest BCUT2D eigenvalue weighted by Gasteiger charge is -2.13. The van der Waals surface area contributed by atoms with Gasteiger partial charge in [0.15, 0.2) is 5.69 Å². The molecule has 0 aromatic heterocycles. The first-order valence-electron chi connectivity index (χ1n) is 6.64. The fraction of sp³-hybridized carbons (Fsp3) is 0.250. The van der Waals surface area contributed by atoms with Gasteiger partial charge >= 0.3 is 0 Å². The zero-order valence-electron chi connectivity index (χ0n) is 12.2. The predicted molar refractivity (Wildman–Crippen MR) is 85.7 cm³/mol.